The first kappa shape index (κ1) is 23.3. The topological polar surface area (TPSA) is 115 Å². The maximum absolute atomic E-state index is 12.7. The number of sulfonamides is 1. The van der Waals surface area contributed by atoms with Gasteiger partial charge in [-0.2, -0.15) is 9.30 Å². The van der Waals surface area contributed by atoms with Crippen molar-refractivity contribution in [2.75, 3.05) is 13.1 Å². The molecule has 1 amide bonds. The summed E-state index contributed by atoms with van der Waals surface area (Å²) in [5, 5.41) is 11.1. The fourth-order valence-corrected chi connectivity index (χ4v) is 5.60. The number of nitrogens with zero attached hydrogens (tertiary/aromatic N) is 4. The highest BCUT2D eigenvalue weighted by Crippen LogP contribution is 2.23. The van der Waals surface area contributed by atoms with Crippen LogP contribution in [-0.4, -0.2) is 41.2 Å². The second kappa shape index (κ2) is 9.44. The van der Waals surface area contributed by atoms with Crippen LogP contribution >= 0.6 is 11.3 Å². The molecule has 32 heavy (non-hydrogen) atoms. The maximum Gasteiger partial charge on any atom is 0.279 e. The lowest BCUT2D eigenvalue weighted by Gasteiger charge is -2.18. The van der Waals surface area contributed by atoms with Gasteiger partial charge in [0.05, 0.1) is 26.6 Å². The number of fused-ring (bicyclic) bond motifs is 1. The molecular weight excluding hydrogens is 452 g/mol. The Labute approximate surface area is 188 Å². The van der Waals surface area contributed by atoms with Crippen LogP contribution in [0.4, 0.5) is 5.69 Å². The van der Waals surface area contributed by atoms with Crippen molar-refractivity contribution in [1.82, 2.24) is 8.87 Å². The molecule has 3 aromatic rings. The normalized spacial score (nSPS) is 12.2. The first-order chi connectivity index (χ1) is 15.2. The van der Waals surface area contributed by atoms with Crippen molar-refractivity contribution >= 4 is 43.2 Å². The molecule has 0 saturated heterocycles. The lowest BCUT2D eigenvalue weighted by Crippen LogP contribution is -2.30. The standard InChI is InChI=1S/C21H20N4O5S2/c1-4-13-24-18-14-16(25(27)28)9-12-19(18)31-21(24)22-20(26)15-7-10-17(11-8-15)32(29,30)23(5-2)6-3/h1,7-12,14H,5-6,13H2,2-3H3. The van der Waals surface area contributed by atoms with Crippen molar-refractivity contribution in [3.05, 3.63) is 62.9 Å². The van der Waals surface area contributed by atoms with Gasteiger partial charge in [0.2, 0.25) is 10.0 Å². The summed E-state index contributed by atoms with van der Waals surface area (Å²) in [6.45, 7) is 4.27. The van der Waals surface area contributed by atoms with E-state index in [1.165, 1.54) is 52.0 Å². The Morgan fingerprint density at radius 3 is 2.44 bits per heavy atom. The molecule has 0 fully saturated rings. The van der Waals surface area contributed by atoms with Crippen LogP contribution in [0.5, 0.6) is 0 Å². The van der Waals surface area contributed by atoms with Gasteiger partial charge in [0.15, 0.2) is 4.80 Å². The summed E-state index contributed by atoms with van der Waals surface area (Å²) in [4.78, 5) is 27.9. The van der Waals surface area contributed by atoms with Crippen molar-refractivity contribution in [2.45, 2.75) is 25.3 Å². The summed E-state index contributed by atoms with van der Waals surface area (Å²) < 4.78 is 28.8. The van der Waals surface area contributed by atoms with Crippen LogP contribution < -0.4 is 4.80 Å². The lowest BCUT2D eigenvalue weighted by atomic mass is 10.2. The number of carbonyl (C=O) groups excluding carboxylic acids is 1. The molecule has 0 N–H and O–H groups in total. The summed E-state index contributed by atoms with van der Waals surface area (Å²) in [6.07, 6.45) is 5.44. The summed E-state index contributed by atoms with van der Waals surface area (Å²) in [7, 11) is -3.63. The molecule has 11 heteroatoms. The molecule has 0 aliphatic rings. The van der Waals surface area contributed by atoms with E-state index in [1.807, 2.05) is 0 Å². The molecule has 0 unspecified atom stereocenters. The molecule has 0 atom stereocenters. The van der Waals surface area contributed by atoms with Gasteiger partial charge in [-0.3, -0.25) is 14.9 Å². The number of terminal acetylenes is 1. The van der Waals surface area contributed by atoms with Crippen molar-refractivity contribution in [2.24, 2.45) is 4.99 Å². The van der Waals surface area contributed by atoms with Gasteiger partial charge in [-0.15, -0.1) is 6.42 Å². The maximum atomic E-state index is 12.7. The third-order valence-electron chi connectivity index (χ3n) is 4.77. The van der Waals surface area contributed by atoms with Crippen LogP contribution in [0.15, 0.2) is 52.4 Å². The van der Waals surface area contributed by atoms with Gasteiger partial charge in [-0.25, -0.2) is 8.42 Å². The second-order valence-corrected chi connectivity index (χ2v) is 9.56. The molecular formula is C21H20N4O5S2. The number of carbonyl (C=O) groups is 1. The lowest BCUT2D eigenvalue weighted by molar-refractivity contribution is -0.384. The van der Waals surface area contributed by atoms with Crippen LogP contribution in [0.25, 0.3) is 10.2 Å². The SMILES string of the molecule is C#CCn1c(=NC(=O)c2ccc(S(=O)(=O)N(CC)CC)cc2)sc2ccc([N+](=O)[O-])cc21. The average Bonchev–Trinajstić information content (AvgIpc) is 3.11. The van der Waals surface area contributed by atoms with Crippen LogP contribution in [0.1, 0.15) is 24.2 Å². The smallest absolute Gasteiger partial charge is 0.279 e. The molecule has 2 aromatic carbocycles. The molecule has 9 nitrogen and oxygen atoms in total. The van der Waals surface area contributed by atoms with E-state index in [0.717, 1.165) is 0 Å². The molecule has 0 aliphatic heterocycles. The van der Waals surface area contributed by atoms with E-state index in [0.29, 0.717) is 28.1 Å². The number of aromatic nitrogens is 1. The van der Waals surface area contributed by atoms with Gasteiger partial charge in [-0.05, 0) is 30.3 Å². The van der Waals surface area contributed by atoms with Crippen LogP contribution in [0, 0.1) is 22.5 Å². The molecule has 166 valence electrons. The van der Waals surface area contributed by atoms with E-state index >= 15 is 0 Å². The molecule has 1 aromatic heterocycles. The minimum absolute atomic E-state index is 0.0777. The van der Waals surface area contributed by atoms with Crippen LogP contribution in [-0.2, 0) is 16.6 Å². The van der Waals surface area contributed by atoms with Crippen LogP contribution in [0.2, 0.25) is 0 Å². The molecule has 0 saturated carbocycles. The Morgan fingerprint density at radius 2 is 1.88 bits per heavy atom. The minimum atomic E-state index is -3.63. The summed E-state index contributed by atoms with van der Waals surface area (Å²) >= 11 is 1.18. The Hall–Kier alpha value is -3.33. The number of nitro benzene ring substituents is 1. The number of thiazole rings is 1. The zero-order chi connectivity index (χ0) is 23.5. The number of amides is 1. The van der Waals surface area contributed by atoms with Crippen molar-refractivity contribution < 1.29 is 18.1 Å². The van der Waals surface area contributed by atoms with Gasteiger partial charge < -0.3 is 4.57 Å². The summed E-state index contributed by atoms with van der Waals surface area (Å²) in [5.74, 6) is 1.89. The van der Waals surface area contributed by atoms with Gasteiger partial charge in [-0.1, -0.05) is 31.1 Å². The first-order valence-corrected chi connectivity index (χ1v) is 11.9. The Kier molecular flexibility index (Phi) is 6.88. The first-order valence-electron chi connectivity index (χ1n) is 9.63. The van der Waals surface area contributed by atoms with E-state index in [-0.39, 0.29) is 22.7 Å². The predicted octanol–water partition coefficient (Wildman–Crippen LogP) is 3.02. The van der Waals surface area contributed by atoms with Gasteiger partial charge in [0.1, 0.15) is 0 Å². The number of hydrogen-bond acceptors (Lipinski definition) is 6. The largest absolute Gasteiger partial charge is 0.304 e. The number of hydrogen-bond donors (Lipinski definition) is 0. The third-order valence-corrected chi connectivity index (χ3v) is 7.89. The average molecular weight is 473 g/mol. The minimum Gasteiger partial charge on any atom is -0.304 e. The Balaban J connectivity index is 2.02. The van der Waals surface area contributed by atoms with Crippen molar-refractivity contribution in [1.29, 1.82) is 0 Å². The quantitative estimate of drug-likeness (QED) is 0.298. The number of rotatable bonds is 7. The highest BCUT2D eigenvalue weighted by Gasteiger charge is 2.21. The van der Waals surface area contributed by atoms with Crippen LogP contribution in [0.3, 0.4) is 0 Å². The highest BCUT2D eigenvalue weighted by molar-refractivity contribution is 7.89. The number of non-ortho nitro benzene ring substituents is 1. The number of benzene rings is 2. The van der Waals surface area contributed by atoms with E-state index in [4.69, 9.17) is 6.42 Å². The van der Waals surface area contributed by atoms with E-state index in [9.17, 15) is 23.3 Å². The Bertz CT molecular complexity index is 1390. The summed E-state index contributed by atoms with van der Waals surface area (Å²) in [5.41, 5.74) is 0.623. The molecule has 0 radical (unpaired) electrons. The monoisotopic (exact) mass is 472 g/mol. The zero-order valence-electron chi connectivity index (χ0n) is 17.4. The molecule has 1 heterocycles. The fraction of sp³-hybridized carbons (Fsp3) is 0.238. The number of nitro groups is 1. The van der Waals surface area contributed by atoms with E-state index in [1.54, 1.807) is 24.5 Å². The van der Waals surface area contributed by atoms with Gasteiger partial charge in [0, 0.05) is 30.8 Å². The predicted molar refractivity (Wildman–Crippen MR) is 122 cm³/mol. The fourth-order valence-electron chi connectivity index (χ4n) is 3.13. The van der Waals surface area contributed by atoms with Crippen molar-refractivity contribution in [3.63, 3.8) is 0 Å². The zero-order valence-corrected chi connectivity index (χ0v) is 19.0. The van der Waals surface area contributed by atoms with Gasteiger partial charge in [0.25, 0.3) is 11.6 Å². The molecule has 0 bridgehead atoms. The molecule has 0 spiro atoms. The van der Waals surface area contributed by atoms with Crippen molar-refractivity contribution in [3.8, 4) is 12.3 Å². The third kappa shape index (κ3) is 4.47. The molecule has 3 rings (SSSR count). The van der Waals surface area contributed by atoms with Gasteiger partial charge >= 0.3 is 0 Å². The highest BCUT2D eigenvalue weighted by atomic mass is 32.2. The summed E-state index contributed by atoms with van der Waals surface area (Å²) in [6, 6.07) is 9.92. The second-order valence-electron chi connectivity index (χ2n) is 6.61. The van der Waals surface area contributed by atoms with E-state index in [2.05, 4.69) is 10.9 Å². The molecule has 0 aliphatic carbocycles. The van der Waals surface area contributed by atoms with E-state index < -0.39 is 20.9 Å². The Morgan fingerprint density at radius 1 is 1.22 bits per heavy atom.